The van der Waals surface area contributed by atoms with Crippen molar-refractivity contribution in [3.8, 4) is 23.1 Å². The monoisotopic (exact) mass is 497 g/mol. The van der Waals surface area contributed by atoms with Crippen LogP contribution in [0, 0.1) is 0 Å². The van der Waals surface area contributed by atoms with Crippen LogP contribution in [0.5, 0.6) is 11.8 Å². The van der Waals surface area contributed by atoms with Crippen molar-refractivity contribution in [3.05, 3.63) is 144 Å². The molecule has 3 heterocycles. The van der Waals surface area contributed by atoms with Gasteiger partial charge in [-0.2, -0.15) is 0 Å². The summed E-state index contributed by atoms with van der Waals surface area (Å²) in [7, 11) is 0. The predicted octanol–water partition coefficient (Wildman–Crippen LogP) is 1.35. The minimum atomic E-state index is -1.42. The van der Waals surface area contributed by atoms with Gasteiger partial charge in [-0.25, -0.2) is 18.7 Å². The van der Waals surface area contributed by atoms with Gasteiger partial charge in [0.05, 0.1) is 28.4 Å². The van der Waals surface area contributed by atoms with Gasteiger partial charge in [0.2, 0.25) is 11.8 Å². The minimum Gasteiger partial charge on any atom is -0.494 e. The lowest BCUT2D eigenvalue weighted by molar-refractivity contribution is 0.411. The van der Waals surface area contributed by atoms with Crippen molar-refractivity contribution in [1.29, 1.82) is 0 Å². The number of nitrogens with zero attached hydrogens (tertiary/aromatic N) is 3. The van der Waals surface area contributed by atoms with Gasteiger partial charge in [-0.15, -0.1) is 0 Å². The molecular weight excluding hydrogens is 478 g/mol. The maximum absolute atomic E-state index is 13.2. The highest BCUT2D eigenvalue weighted by Crippen LogP contribution is 2.36. The first-order chi connectivity index (χ1) is 17.9. The zero-order valence-electron chi connectivity index (χ0n) is 19.0. The molecule has 11 heteroatoms. The van der Waals surface area contributed by atoms with Crippen LogP contribution in [0.2, 0.25) is 0 Å². The third-order valence-corrected chi connectivity index (χ3v) is 5.87. The molecule has 0 amide bonds. The van der Waals surface area contributed by atoms with Crippen molar-refractivity contribution in [1.82, 2.24) is 24.1 Å². The fourth-order valence-corrected chi connectivity index (χ4v) is 4.26. The molecule has 0 bridgehead atoms. The van der Waals surface area contributed by atoms with Crippen LogP contribution in [0.15, 0.2) is 104 Å². The molecule has 0 saturated heterocycles. The van der Waals surface area contributed by atoms with E-state index >= 15 is 0 Å². The molecular formula is C26H19N5O6. The molecule has 0 saturated carbocycles. The number of aromatic hydroxyl groups is 2. The fraction of sp³-hybridized carbons (Fsp3) is 0.0385. The van der Waals surface area contributed by atoms with Crippen molar-refractivity contribution in [2.45, 2.75) is 5.92 Å². The first-order valence-electron chi connectivity index (χ1n) is 11.1. The molecule has 0 aliphatic carbocycles. The summed E-state index contributed by atoms with van der Waals surface area (Å²) in [6, 6.07) is 19.2. The van der Waals surface area contributed by atoms with Crippen LogP contribution in [0.25, 0.3) is 11.4 Å². The molecule has 4 N–H and O–H groups in total. The third-order valence-electron chi connectivity index (χ3n) is 5.87. The lowest BCUT2D eigenvalue weighted by Crippen LogP contribution is -2.36. The molecule has 2 aromatic carbocycles. The summed E-state index contributed by atoms with van der Waals surface area (Å²) < 4.78 is 1.75. The Morgan fingerprint density at radius 3 is 1.51 bits per heavy atom. The number of para-hydroxylation sites is 2. The highest BCUT2D eigenvalue weighted by Gasteiger charge is 2.33. The Morgan fingerprint density at radius 2 is 1.11 bits per heavy atom. The summed E-state index contributed by atoms with van der Waals surface area (Å²) in [6.45, 7) is 0. The molecule has 37 heavy (non-hydrogen) atoms. The molecule has 5 aromatic rings. The second-order valence-corrected chi connectivity index (χ2v) is 8.05. The SMILES string of the molecule is O=c1[nH]c(=O)n(-c2ccccc2)c(O)c1C(c1cccnc1)c1c(O)n(-c2ccccc2)c(=O)[nH]c1=O. The van der Waals surface area contributed by atoms with Gasteiger partial charge < -0.3 is 10.2 Å². The predicted molar refractivity (Wildman–Crippen MR) is 134 cm³/mol. The summed E-state index contributed by atoms with van der Waals surface area (Å²) in [6.07, 6.45) is 2.81. The van der Waals surface area contributed by atoms with Crippen molar-refractivity contribution in [3.63, 3.8) is 0 Å². The van der Waals surface area contributed by atoms with Crippen molar-refractivity contribution >= 4 is 0 Å². The van der Waals surface area contributed by atoms with E-state index in [4.69, 9.17) is 0 Å². The quantitative estimate of drug-likeness (QED) is 0.285. The van der Waals surface area contributed by atoms with Crippen LogP contribution in [0.1, 0.15) is 22.6 Å². The van der Waals surface area contributed by atoms with Gasteiger partial charge in [-0.1, -0.05) is 42.5 Å². The van der Waals surface area contributed by atoms with Crippen LogP contribution in [0.3, 0.4) is 0 Å². The molecule has 184 valence electrons. The maximum Gasteiger partial charge on any atom is 0.335 e. The van der Waals surface area contributed by atoms with Crippen molar-refractivity contribution < 1.29 is 10.2 Å². The van der Waals surface area contributed by atoms with E-state index < -0.39 is 51.3 Å². The standard InChI is InChI=1S/C26H19N5O6/c32-21-19(23(34)30(25(36)28-21)16-9-3-1-4-10-16)18(15-8-7-13-27-14-15)20-22(33)29-26(37)31(24(20)35)17-11-5-2-6-12-17/h1-14,18,34-35H,(H,28,32,36)(H,29,33,37). The average Bonchev–Trinajstić information content (AvgIpc) is 2.89. The molecule has 0 aliphatic rings. The van der Waals surface area contributed by atoms with E-state index in [1.54, 1.807) is 66.7 Å². The van der Waals surface area contributed by atoms with Gasteiger partial charge in [-0.05, 0) is 35.9 Å². The van der Waals surface area contributed by atoms with Gasteiger partial charge in [0.1, 0.15) is 0 Å². The number of aromatic nitrogens is 5. The number of hydrogen-bond acceptors (Lipinski definition) is 7. The molecule has 11 nitrogen and oxygen atoms in total. The first-order valence-corrected chi connectivity index (χ1v) is 11.1. The number of H-pyrrole nitrogens is 2. The molecule has 0 aliphatic heterocycles. The maximum atomic E-state index is 13.2. The molecule has 0 unspecified atom stereocenters. The normalized spacial score (nSPS) is 11.1. The van der Waals surface area contributed by atoms with E-state index in [0.29, 0.717) is 0 Å². The van der Waals surface area contributed by atoms with E-state index in [1.807, 2.05) is 0 Å². The van der Waals surface area contributed by atoms with Gasteiger partial charge in [0, 0.05) is 12.4 Å². The Hall–Kier alpha value is -5.45. The van der Waals surface area contributed by atoms with Crippen LogP contribution in [0.4, 0.5) is 0 Å². The van der Waals surface area contributed by atoms with Crippen LogP contribution < -0.4 is 22.5 Å². The van der Waals surface area contributed by atoms with E-state index in [-0.39, 0.29) is 16.9 Å². The number of benzene rings is 2. The molecule has 0 fully saturated rings. The Labute approximate surface area is 207 Å². The van der Waals surface area contributed by atoms with Crippen molar-refractivity contribution in [2.24, 2.45) is 0 Å². The van der Waals surface area contributed by atoms with Crippen LogP contribution in [-0.2, 0) is 0 Å². The first kappa shape index (κ1) is 23.3. The second-order valence-electron chi connectivity index (χ2n) is 8.05. The number of rotatable bonds is 5. The molecule has 3 aromatic heterocycles. The van der Waals surface area contributed by atoms with E-state index in [9.17, 15) is 29.4 Å². The summed E-state index contributed by atoms with van der Waals surface area (Å²) in [4.78, 5) is 60.1. The lowest BCUT2D eigenvalue weighted by Gasteiger charge is -2.21. The number of nitrogens with one attached hydrogen (secondary N) is 2. The number of hydrogen-bond donors (Lipinski definition) is 4. The number of aromatic amines is 2. The van der Waals surface area contributed by atoms with Crippen LogP contribution in [-0.4, -0.2) is 34.3 Å². The lowest BCUT2D eigenvalue weighted by atomic mass is 9.87. The summed E-state index contributed by atoms with van der Waals surface area (Å²) in [5, 5.41) is 22.6. The minimum absolute atomic E-state index is 0.237. The fourth-order valence-electron chi connectivity index (χ4n) is 4.26. The van der Waals surface area contributed by atoms with E-state index in [0.717, 1.165) is 9.13 Å². The Bertz CT molecular complexity index is 1710. The van der Waals surface area contributed by atoms with Crippen molar-refractivity contribution in [2.75, 3.05) is 0 Å². The average molecular weight is 497 g/mol. The Morgan fingerprint density at radius 1 is 0.649 bits per heavy atom. The van der Waals surface area contributed by atoms with Gasteiger partial charge in [0.15, 0.2) is 0 Å². The summed E-state index contributed by atoms with van der Waals surface area (Å²) in [5.74, 6) is -2.91. The molecule has 0 atom stereocenters. The van der Waals surface area contributed by atoms with Gasteiger partial charge in [-0.3, -0.25) is 24.5 Å². The number of pyridine rings is 1. The summed E-state index contributed by atoms with van der Waals surface area (Å²) in [5.41, 5.74) is -3.87. The Balaban J connectivity index is 1.89. The zero-order chi connectivity index (χ0) is 26.1. The Kier molecular flexibility index (Phi) is 5.86. The second kappa shape index (κ2) is 9.30. The van der Waals surface area contributed by atoms with E-state index in [1.165, 1.54) is 18.5 Å². The smallest absolute Gasteiger partial charge is 0.335 e. The highest BCUT2D eigenvalue weighted by atomic mass is 16.3. The highest BCUT2D eigenvalue weighted by molar-refractivity contribution is 5.51. The van der Waals surface area contributed by atoms with Crippen LogP contribution >= 0.6 is 0 Å². The third kappa shape index (κ3) is 4.04. The van der Waals surface area contributed by atoms with Gasteiger partial charge >= 0.3 is 11.4 Å². The zero-order valence-corrected chi connectivity index (χ0v) is 19.0. The molecule has 5 rings (SSSR count). The largest absolute Gasteiger partial charge is 0.494 e. The van der Waals surface area contributed by atoms with Gasteiger partial charge in [0.25, 0.3) is 11.1 Å². The molecule has 0 spiro atoms. The molecule has 0 radical (unpaired) electrons. The summed E-state index contributed by atoms with van der Waals surface area (Å²) >= 11 is 0. The van der Waals surface area contributed by atoms with E-state index in [2.05, 4.69) is 15.0 Å². The topological polar surface area (TPSA) is 163 Å².